The van der Waals surface area contributed by atoms with Crippen LogP contribution >= 0.6 is 0 Å². The molecule has 1 atom stereocenters. The van der Waals surface area contributed by atoms with Crippen LogP contribution in [0.25, 0.3) is 0 Å². The van der Waals surface area contributed by atoms with E-state index in [1.165, 1.54) is 6.07 Å². The lowest BCUT2D eigenvalue weighted by atomic mass is 10.1. The molecule has 13 nitrogen and oxygen atoms in total. The van der Waals surface area contributed by atoms with Crippen LogP contribution in [0.3, 0.4) is 0 Å². The van der Waals surface area contributed by atoms with Gasteiger partial charge in [0, 0.05) is 16.8 Å². The van der Waals surface area contributed by atoms with Crippen molar-refractivity contribution in [3.05, 3.63) is 29.3 Å². The lowest BCUT2D eigenvalue weighted by molar-refractivity contribution is -0.129. The van der Waals surface area contributed by atoms with Gasteiger partial charge in [0.05, 0.1) is 38.7 Å². The molecule has 0 fully saturated rings. The molecule has 0 aliphatic carbocycles. The minimum atomic E-state index is -0.908. The van der Waals surface area contributed by atoms with Crippen LogP contribution in [0.4, 0.5) is 5.69 Å². The maximum atomic E-state index is 13.1. The first-order chi connectivity index (χ1) is 18.1. The summed E-state index contributed by atoms with van der Waals surface area (Å²) in [5.74, 6) is -2.82. The van der Waals surface area contributed by atoms with Gasteiger partial charge < -0.3 is 37.6 Å². The van der Waals surface area contributed by atoms with Crippen molar-refractivity contribution in [2.45, 2.75) is 31.1 Å². The molecular formula is C24H36N7O6S+. The highest BCUT2D eigenvalue weighted by Crippen LogP contribution is 2.19. The van der Waals surface area contributed by atoms with E-state index in [1.807, 2.05) is 12.5 Å². The molecule has 0 saturated carbocycles. The molecule has 0 unspecified atom stereocenters. The van der Waals surface area contributed by atoms with E-state index in [1.54, 1.807) is 12.1 Å². The van der Waals surface area contributed by atoms with Crippen LogP contribution in [0, 0.1) is 0 Å². The van der Waals surface area contributed by atoms with E-state index in [-0.39, 0.29) is 17.4 Å². The number of rotatable bonds is 6. The predicted molar refractivity (Wildman–Crippen MR) is 144 cm³/mol. The zero-order valence-corrected chi connectivity index (χ0v) is 22.4. The number of nitrogens with two attached hydrogens (primary N) is 1. The number of hydrogen-bond acceptors (Lipinski definition) is 7. The summed E-state index contributed by atoms with van der Waals surface area (Å²) in [7, 11) is -0.0296. The van der Waals surface area contributed by atoms with Crippen molar-refractivity contribution < 1.29 is 28.8 Å². The molecule has 6 amide bonds. The van der Waals surface area contributed by atoms with E-state index in [2.05, 4.69) is 31.9 Å². The van der Waals surface area contributed by atoms with E-state index in [0.29, 0.717) is 42.8 Å². The molecule has 1 aromatic rings. The Hall–Kier alpha value is -3.65. The fraction of sp³-hybridized carbons (Fsp3) is 0.500. The van der Waals surface area contributed by atoms with Gasteiger partial charge in [0.15, 0.2) is 0 Å². The third-order valence-electron chi connectivity index (χ3n) is 5.41. The van der Waals surface area contributed by atoms with Gasteiger partial charge in [0.2, 0.25) is 29.5 Å². The van der Waals surface area contributed by atoms with Crippen LogP contribution in [0.2, 0.25) is 0 Å². The number of unbranched alkanes of at least 4 members (excludes halogenated alkanes) is 1. The lowest BCUT2D eigenvalue weighted by Crippen LogP contribution is -2.49. The summed E-state index contributed by atoms with van der Waals surface area (Å²) in [5.41, 5.74) is 6.96. The summed E-state index contributed by atoms with van der Waals surface area (Å²) in [6, 6.07) is 4.03. The summed E-state index contributed by atoms with van der Waals surface area (Å²) in [4.78, 5) is 74.5. The van der Waals surface area contributed by atoms with Crippen LogP contribution in [0.1, 0.15) is 35.2 Å². The number of hydrogen-bond donors (Lipinski definition) is 7. The van der Waals surface area contributed by atoms with Crippen molar-refractivity contribution >= 4 is 52.0 Å². The number of nitrogens with one attached hydrogen (secondary N) is 6. The van der Waals surface area contributed by atoms with Gasteiger partial charge in [-0.2, -0.15) is 0 Å². The molecule has 0 spiro atoms. The number of carbonyl (C=O) groups is 6. The fourth-order valence-corrected chi connectivity index (χ4v) is 4.39. The topological polar surface area (TPSA) is 201 Å². The Bertz CT molecular complexity index is 1050. The SMILES string of the molecule is C[S+](C)Cc1ccc2cc1C(=O)NCC(=O)NCC(=O)NCC(=O)NCC(=O)N[C@@H](CCCCN)C(=O)N2. The molecule has 38 heavy (non-hydrogen) atoms. The van der Waals surface area contributed by atoms with E-state index in [0.717, 1.165) is 5.56 Å². The first kappa shape index (κ1) is 30.6. The second-order valence-electron chi connectivity index (χ2n) is 8.91. The molecule has 1 aromatic carbocycles. The summed E-state index contributed by atoms with van der Waals surface area (Å²) < 4.78 is 0. The van der Waals surface area contributed by atoms with E-state index >= 15 is 0 Å². The number of amides is 6. The highest BCUT2D eigenvalue weighted by molar-refractivity contribution is 7.94. The van der Waals surface area contributed by atoms with Gasteiger partial charge in [-0.1, -0.05) is 6.07 Å². The second-order valence-corrected chi connectivity index (χ2v) is 11.2. The van der Waals surface area contributed by atoms with Crippen molar-refractivity contribution in [2.24, 2.45) is 5.73 Å². The number of anilines is 1. The Labute approximate surface area is 224 Å². The normalized spacial score (nSPS) is 18.5. The van der Waals surface area contributed by atoms with Gasteiger partial charge >= 0.3 is 0 Å². The van der Waals surface area contributed by atoms with Gasteiger partial charge in [-0.15, -0.1) is 0 Å². The van der Waals surface area contributed by atoms with E-state index < -0.39 is 61.1 Å². The van der Waals surface area contributed by atoms with Gasteiger partial charge in [-0.05, 0) is 48.8 Å². The molecule has 208 valence electrons. The van der Waals surface area contributed by atoms with Crippen LogP contribution in [0.5, 0.6) is 0 Å². The van der Waals surface area contributed by atoms with Crippen molar-refractivity contribution in [3.8, 4) is 0 Å². The zero-order valence-electron chi connectivity index (χ0n) is 21.6. The fourth-order valence-electron chi connectivity index (χ4n) is 3.52. The largest absolute Gasteiger partial charge is 0.346 e. The molecule has 14 heteroatoms. The van der Waals surface area contributed by atoms with E-state index in [9.17, 15) is 28.8 Å². The molecule has 0 radical (unpaired) electrons. The van der Waals surface area contributed by atoms with Crippen LogP contribution in [-0.2, 0) is 40.6 Å². The van der Waals surface area contributed by atoms with Crippen LogP contribution in [-0.4, -0.2) is 86.7 Å². The Kier molecular flexibility index (Phi) is 12.5. The Balaban J connectivity index is 2.32. The maximum Gasteiger partial charge on any atom is 0.252 e. The first-order valence-corrected chi connectivity index (χ1v) is 14.4. The van der Waals surface area contributed by atoms with E-state index in [4.69, 9.17) is 5.73 Å². The highest BCUT2D eigenvalue weighted by atomic mass is 32.2. The van der Waals surface area contributed by atoms with Crippen LogP contribution in [0.15, 0.2) is 18.2 Å². The van der Waals surface area contributed by atoms with Gasteiger partial charge in [-0.3, -0.25) is 28.8 Å². The lowest BCUT2D eigenvalue weighted by Gasteiger charge is -2.19. The van der Waals surface area contributed by atoms with Gasteiger partial charge in [-0.25, -0.2) is 0 Å². The van der Waals surface area contributed by atoms with Crippen molar-refractivity contribution in [3.63, 3.8) is 0 Å². The second kappa shape index (κ2) is 15.6. The Morgan fingerprint density at radius 3 is 1.97 bits per heavy atom. The van der Waals surface area contributed by atoms with Crippen molar-refractivity contribution in [2.75, 3.05) is 50.6 Å². The smallest absolute Gasteiger partial charge is 0.252 e. The number of carbonyl (C=O) groups excluding carboxylic acids is 6. The quantitative estimate of drug-likeness (QED) is 0.153. The molecular weight excluding hydrogens is 514 g/mol. The minimum absolute atomic E-state index is 0.0296. The van der Waals surface area contributed by atoms with Crippen LogP contribution < -0.4 is 37.6 Å². The zero-order chi connectivity index (χ0) is 28.1. The standard InChI is InChI=1S/C24H35N7O6S/c1-38(2)14-15-6-7-16-9-17(15)23(36)29-12-21(34)27-10-19(32)26-11-20(33)28-13-22(35)31-18(24(37)30-16)5-3-4-8-25/h6-7,9,18H,3-5,8,10-14,25H2,1-2H3,(H5-,26,27,28,29,30,31,32,33,34,35,36,37)/p+1/t18-/m0/s1. The molecule has 0 saturated heterocycles. The third-order valence-corrected chi connectivity index (χ3v) is 6.30. The predicted octanol–water partition coefficient (Wildman–Crippen LogP) is -2.29. The highest BCUT2D eigenvalue weighted by Gasteiger charge is 2.23. The minimum Gasteiger partial charge on any atom is -0.346 e. The molecule has 1 aliphatic heterocycles. The van der Waals surface area contributed by atoms with Crippen molar-refractivity contribution in [1.29, 1.82) is 0 Å². The number of benzene rings is 1. The average molecular weight is 551 g/mol. The molecule has 1 heterocycles. The molecule has 2 rings (SSSR count). The third kappa shape index (κ3) is 10.8. The van der Waals surface area contributed by atoms with Gasteiger partial charge in [0.25, 0.3) is 5.91 Å². The molecule has 8 N–H and O–H groups in total. The Morgan fingerprint density at radius 2 is 1.39 bits per heavy atom. The monoisotopic (exact) mass is 550 g/mol. The molecule has 0 aromatic heterocycles. The Morgan fingerprint density at radius 1 is 0.816 bits per heavy atom. The van der Waals surface area contributed by atoms with Crippen molar-refractivity contribution in [1.82, 2.24) is 26.6 Å². The summed E-state index contributed by atoms with van der Waals surface area (Å²) in [5, 5.41) is 14.9. The molecule has 1 aliphatic rings. The maximum absolute atomic E-state index is 13.1. The first-order valence-electron chi connectivity index (χ1n) is 12.1. The van der Waals surface area contributed by atoms with Gasteiger partial charge in [0.1, 0.15) is 11.8 Å². The summed E-state index contributed by atoms with van der Waals surface area (Å²) in [6.07, 6.45) is 5.60. The summed E-state index contributed by atoms with van der Waals surface area (Å²) >= 11 is 0. The number of fused-ring (bicyclic) bond motifs is 2. The average Bonchev–Trinajstić information content (AvgIpc) is 2.87. The summed E-state index contributed by atoms with van der Waals surface area (Å²) in [6.45, 7) is -1.15. The molecule has 2 bridgehead atoms.